The van der Waals surface area contributed by atoms with Crippen LogP contribution in [0.5, 0.6) is 0 Å². The Morgan fingerprint density at radius 3 is 2.47 bits per heavy atom. The van der Waals surface area contributed by atoms with E-state index in [0.29, 0.717) is 12.1 Å². The topological polar surface area (TPSA) is 15.3 Å². The molecule has 1 saturated heterocycles. The second kappa shape index (κ2) is 5.60. The van der Waals surface area contributed by atoms with E-state index in [0.717, 1.165) is 12.1 Å². The predicted molar refractivity (Wildman–Crippen MR) is 63.8 cm³/mol. The maximum absolute atomic E-state index is 12.9. The highest BCUT2D eigenvalue weighted by atomic mass is 35.5. The molecule has 0 amide bonds. The minimum Gasteiger partial charge on any atom is -0.369 e. The van der Waals surface area contributed by atoms with Gasteiger partial charge < -0.3 is 10.2 Å². The summed E-state index contributed by atoms with van der Waals surface area (Å²) in [6, 6.07) is 3.02. The Labute approximate surface area is 115 Å². The lowest BCUT2D eigenvalue weighted by Crippen LogP contribution is -2.43. The van der Waals surface area contributed by atoms with E-state index < -0.39 is 43.4 Å². The van der Waals surface area contributed by atoms with Crippen molar-refractivity contribution in [2.75, 3.05) is 30.9 Å². The van der Waals surface area contributed by atoms with Gasteiger partial charge in [0, 0.05) is 37.2 Å². The summed E-state index contributed by atoms with van der Waals surface area (Å²) in [5, 5.41) is 1.61. The molecular weight excluding hydrogens is 253 g/mol. The molecule has 1 aliphatic heterocycles. The molecule has 96 valence electrons. The van der Waals surface area contributed by atoms with Gasteiger partial charge in [0.2, 0.25) is 0 Å². The molecule has 0 aliphatic carbocycles. The Bertz CT molecular complexity index is 626. The van der Waals surface area contributed by atoms with Gasteiger partial charge in [0.25, 0.3) is 0 Å². The van der Waals surface area contributed by atoms with E-state index in [2.05, 4.69) is 0 Å². The summed E-state index contributed by atoms with van der Waals surface area (Å²) in [6.45, 7) is -12.5. The molecule has 2 nitrogen and oxygen atoms in total. The second-order valence-electron chi connectivity index (χ2n) is 2.98. The lowest BCUT2D eigenvalue weighted by Gasteiger charge is -2.29. The lowest BCUT2D eigenvalue weighted by molar-refractivity contribution is -0.137. The number of rotatable bonds is 1. The van der Waals surface area contributed by atoms with Gasteiger partial charge in [0.15, 0.2) is 0 Å². The predicted octanol–water partition coefficient (Wildman–Crippen LogP) is 2.54. The van der Waals surface area contributed by atoms with Gasteiger partial charge in [-0.15, -0.1) is 12.4 Å². The fraction of sp³-hybridized carbons (Fsp3) is 0.455. The van der Waals surface area contributed by atoms with Gasteiger partial charge in [-0.2, -0.15) is 13.2 Å². The van der Waals surface area contributed by atoms with Crippen molar-refractivity contribution in [2.24, 2.45) is 0 Å². The fourth-order valence-electron chi connectivity index (χ4n) is 1.18. The molecule has 0 unspecified atom stereocenters. The van der Waals surface area contributed by atoms with Gasteiger partial charge in [-0.1, -0.05) is 6.07 Å². The molecule has 2 rings (SSSR count). The third-order valence-electron chi connectivity index (χ3n) is 1.89. The molecule has 6 heteroatoms. The highest BCUT2D eigenvalue weighted by Crippen LogP contribution is 2.31. The standard InChI is InChI=1S/C11H13F3N2.ClH/c12-11(13,14)9-2-1-3-10(8-9)16-6-4-15-5-7-16;/h1-3,8,15H,4-7H2;1H/i4D2,5D2,6D2,7D2;. The summed E-state index contributed by atoms with van der Waals surface area (Å²) >= 11 is 0. The number of hydrogen-bond donors (Lipinski definition) is 1. The zero-order chi connectivity index (χ0) is 18.8. The average molecular weight is 275 g/mol. The third kappa shape index (κ3) is 3.51. The summed E-state index contributed by atoms with van der Waals surface area (Å²) in [6.07, 6.45) is -4.78. The van der Waals surface area contributed by atoms with Gasteiger partial charge in [0.1, 0.15) is 0 Å². The first-order valence-corrected chi connectivity index (χ1v) is 4.31. The van der Waals surface area contributed by atoms with E-state index in [-0.39, 0.29) is 17.3 Å². The number of piperazine rings is 1. The monoisotopic (exact) mass is 274 g/mol. The Kier molecular flexibility index (Phi) is 2.07. The Balaban J connectivity index is 0.00000312. The van der Waals surface area contributed by atoms with Gasteiger partial charge in [0.05, 0.1) is 11.0 Å². The Morgan fingerprint density at radius 2 is 1.88 bits per heavy atom. The van der Waals surface area contributed by atoms with Crippen molar-refractivity contribution in [3.8, 4) is 0 Å². The van der Waals surface area contributed by atoms with Gasteiger partial charge in [-0.05, 0) is 18.2 Å². The molecular formula is C11H14ClF3N2. The molecule has 1 N–H and O–H groups in total. The number of hydrogen-bond acceptors (Lipinski definition) is 2. The molecule has 0 radical (unpaired) electrons. The Hall–Kier alpha value is -0.940. The largest absolute Gasteiger partial charge is 0.416 e. The third-order valence-corrected chi connectivity index (χ3v) is 1.89. The highest BCUT2D eigenvalue weighted by molar-refractivity contribution is 5.85. The van der Waals surface area contributed by atoms with Crippen LogP contribution in [0.25, 0.3) is 0 Å². The minimum absolute atomic E-state index is 0. The lowest BCUT2D eigenvalue weighted by atomic mass is 10.1. The summed E-state index contributed by atoms with van der Waals surface area (Å²) in [5.74, 6) is 0. The molecule has 1 fully saturated rings. The van der Waals surface area contributed by atoms with Crippen molar-refractivity contribution < 1.29 is 24.1 Å². The van der Waals surface area contributed by atoms with Gasteiger partial charge in [-0.3, -0.25) is 0 Å². The number of nitrogens with zero attached hydrogens (tertiary/aromatic N) is 1. The number of halogens is 4. The second-order valence-corrected chi connectivity index (χ2v) is 2.98. The van der Waals surface area contributed by atoms with Crippen molar-refractivity contribution >= 4 is 18.1 Å². The molecule has 0 bridgehead atoms. The molecule has 1 aliphatic rings. The Morgan fingerprint density at radius 1 is 1.24 bits per heavy atom. The van der Waals surface area contributed by atoms with Crippen LogP contribution in [0.4, 0.5) is 18.9 Å². The van der Waals surface area contributed by atoms with Crippen LogP contribution in [0.15, 0.2) is 24.3 Å². The molecule has 0 saturated carbocycles. The van der Waals surface area contributed by atoms with Crippen LogP contribution in [-0.2, 0) is 6.18 Å². The SMILES string of the molecule is Cl.[2H]C1([2H])NC([2H])([2H])C([2H])([2H])N(c2cccc(C(F)(F)F)c2)C1([2H])[2H]. The zero-order valence-corrected chi connectivity index (χ0v) is 9.12. The molecule has 1 aromatic rings. The first-order valence-electron chi connectivity index (χ1n) is 8.31. The first-order chi connectivity index (χ1) is 10.5. The average Bonchev–Trinajstić information content (AvgIpc) is 2.34. The van der Waals surface area contributed by atoms with Crippen molar-refractivity contribution in [2.45, 2.75) is 6.18 Å². The summed E-state index contributed by atoms with van der Waals surface area (Å²) in [5.41, 5.74) is -1.82. The number of nitrogens with one attached hydrogen (secondary N) is 1. The fourth-order valence-corrected chi connectivity index (χ4v) is 1.18. The molecule has 0 atom stereocenters. The first kappa shape index (κ1) is 6.29. The summed E-state index contributed by atoms with van der Waals surface area (Å²) < 4.78 is 100. The van der Waals surface area contributed by atoms with Crippen molar-refractivity contribution in [1.29, 1.82) is 0 Å². The van der Waals surface area contributed by atoms with E-state index in [1.165, 1.54) is 0 Å². The van der Waals surface area contributed by atoms with Crippen LogP contribution < -0.4 is 10.2 Å². The van der Waals surface area contributed by atoms with E-state index >= 15 is 0 Å². The molecule has 1 heterocycles. The van der Waals surface area contributed by atoms with Crippen LogP contribution in [0.1, 0.15) is 16.5 Å². The van der Waals surface area contributed by atoms with Crippen LogP contribution in [-0.4, -0.2) is 26.0 Å². The van der Waals surface area contributed by atoms with Gasteiger partial charge in [-0.25, -0.2) is 0 Å². The van der Waals surface area contributed by atoms with Crippen LogP contribution in [0.2, 0.25) is 0 Å². The van der Waals surface area contributed by atoms with Crippen molar-refractivity contribution in [3.63, 3.8) is 0 Å². The van der Waals surface area contributed by atoms with Crippen LogP contribution >= 0.6 is 12.4 Å². The normalized spacial score (nSPS) is 35.4. The zero-order valence-electron chi connectivity index (χ0n) is 16.3. The number of anilines is 1. The summed E-state index contributed by atoms with van der Waals surface area (Å²) in [4.78, 5) is 0.0613. The van der Waals surface area contributed by atoms with E-state index in [1.807, 2.05) is 0 Å². The van der Waals surface area contributed by atoms with Crippen molar-refractivity contribution in [3.05, 3.63) is 29.8 Å². The highest BCUT2D eigenvalue weighted by Gasteiger charge is 2.30. The number of alkyl halides is 3. The molecule has 1 aromatic carbocycles. The van der Waals surface area contributed by atoms with E-state index in [9.17, 15) is 13.2 Å². The smallest absolute Gasteiger partial charge is 0.369 e. The maximum atomic E-state index is 12.9. The van der Waals surface area contributed by atoms with E-state index in [1.54, 1.807) is 5.32 Å². The quantitative estimate of drug-likeness (QED) is 0.847. The van der Waals surface area contributed by atoms with E-state index in [4.69, 9.17) is 11.0 Å². The molecule has 0 aromatic heterocycles. The molecule has 0 spiro atoms. The molecule has 17 heavy (non-hydrogen) atoms. The van der Waals surface area contributed by atoms with Crippen LogP contribution in [0.3, 0.4) is 0 Å². The van der Waals surface area contributed by atoms with Gasteiger partial charge >= 0.3 is 6.18 Å². The summed E-state index contributed by atoms with van der Waals surface area (Å²) in [7, 11) is 0. The van der Waals surface area contributed by atoms with Crippen molar-refractivity contribution in [1.82, 2.24) is 5.32 Å². The number of benzene rings is 1. The minimum atomic E-state index is -4.78. The maximum Gasteiger partial charge on any atom is 0.416 e. The van der Waals surface area contributed by atoms with Crippen LogP contribution in [0, 0.1) is 0 Å².